The van der Waals surface area contributed by atoms with Crippen LogP contribution in [0.4, 0.5) is 0 Å². The van der Waals surface area contributed by atoms with E-state index in [-0.39, 0.29) is 0 Å². The topological polar surface area (TPSA) is 0 Å². The van der Waals surface area contributed by atoms with Crippen molar-refractivity contribution in [2.45, 2.75) is 20.3 Å². The third kappa shape index (κ3) is 19.5. The predicted octanol–water partition coefficient (Wildman–Crippen LogP) is 3.19. The number of hydrogen-bond acceptors (Lipinski definition) is 0. The van der Waals surface area contributed by atoms with Gasteiger partial charge in [-0.15, -0.1) is 0 Å². The lowest BCUT2D eigenvalue weighted by molar-refractivity contribution is 1.15. The SMILES string of the molecule is BrCCCBr.CC. The van der Waals surface area contributed by atoms with Crippen molar-refractivity contribution in [3.8, 4) is 0 Å². The van der Waals surface area contributed by atoms with E-state index < -0.39 is 0 Å². The fourth-order valence-electron chi connectivity index (χ4n) is 0.0505. The monoisotopic (exact) mass is 230 g/mol. The minimum Gasteiger partial charge on any atom is -0.0928 e. The van der Waals surface area contributed by atoms with E-state index in [1.807, 2.05) is 13.8 Å². The molecule has 46 valence electrons. The van der Waals surface area contributed by atoms with Crippen LogP contribution in [0.1, 0.15) is 20.3 Å². The molecule has 0 aliphatic rings. The van der Waals surface area contributed by atoms with Crippen molar-refractivity contribution in [2.75, 3.05) is 10.7 Å². The number of rotatable bonds is 2. The van der Waals surface area contributed by atoms with Crippen molar-refractivity contribution in [1.82, 2.24) is 0 Å². The van der Waals surface area contributed by atoms with Gasteiger partial charge in [0.2, 0.25) is 0 Å². The molecule has 0 spiro atoms. The van der Waals surface area contributed by atoms with Crippen molar-refractivity contribution in [3.63, 3.8) is 0 Å². The Morgan fingerprint density at radius 2 is 1.29 bits per heavy atom. The van der Waals surface area contributed by atoms with Gasteiger partial charge in [-0.3, -0.25) is 0 Å². The van der Waals surface area contributed by atoms with Crippen molar-refractivity contribution < 1.29 is 0 Å². The smallest absolute Gasteiger partial charge is 0.00392 e. The molecule has 0 aliphatic carbocycles. The molecule has 0 amide bonds. The lowest BCUT2D eigenvalue weighted by Gasteiger charge is -1.76. The van der Waals surface area contributed by atoms with Crippen LogP contribution in [0.25, 0.3) is 0 Å². The van der Waals surface area contributed by atoms with Crippen LogP contribution in [0, 0.1) is 0 Å². The molecule has 0 heterocycles. The molecule has 0 N–H and O–H groups in total. The maximum Gasteiger partial charge on any atom is 0.00392 e. The van der Waals surface area contributed by atoms with Gasteiger partial charge < -0.3 is 0 Å². The fourth-order valence-corrected chi connectivity index (χ4v) is 1.36. The van der Waals surface area contributed by atoms with Gasteiger partial charge in [0.15, 0.2) is 0 Å². The van der Waals surface area contributed by atoms with E-state index in [1.165, 1.54) is 6.42 Å². The normalized spacial score (nSPS) is 6.86. The summed E-state index contributed by atoms with van der Waals surface area (Å²) in [7, 11) is 0. The molecule has 7 heavy (non-hydrogen) atoms. The summed E-state index contributed by atoms with van der Waals surface area (Å²) in [6.07, 6.45) is 1.22. The Hall–Kier alpha value is 0.960. The van der Waals surface area contributed by atoms with Gasteiger partial charge in [0.1, 0.15) is 0 Å². The first kappa shape index (κ1) is 10.9. The third-order valence-corrected chi connectivity index (χ3v) is 1.39. The zero-order valence-electron chi connectivity index (χ0n) is 4.88. The number of halogens is 2. The van der Waals surface area contributed by atoms with E-state index in [2.05, 4.69) is 31.9 Å². The lowest BCUT2D eigenvalue weighted by atomic mass is 10.6. The zero-order valence-corrected chi connectivity index (χ0v) is 8.05. The molecule has 0 bridgehead atoms. The molecule has 0 saturated carbocycles. The maximum atomic E-state index is 3.28. The Morgan fingerprint density at radius 1 is 1.00 bits per heavy atom. The minimum absolute atomic E-state index is 1.11. The van der Waals surface area contributed by atoms with E-state index in [0.717, 1.165) is 10.7 Å². The van der Waals surface area contributed by atoms with Gasteiger partial charge in [0.25, 0.3) is 0 Å². The summed E-state index contributed by atoms with van der Waals surface area (Å²) in [6.45, 7) is 4.00. The number of alkyl halides is 2. The summed E-state index contributed by atoms with van der Waals surface area (Å²) in [5, 5.41) is 2.22. The summed E-state index contributed by atoms with van der Waals surface area (Å²) in [5.41, 5.74) is 0. The molecule has 2 heteroatoms. The Kier molecular flexibility index (Phi) is 24.4. The molecule has 0 nitrogen and oxygen atoms in total. The van der Waals surface area contributed by atoms with Crippen molar-refractivity contribution in [1.29, 1.82) is 0 Å². The van der Waals surface area contributed by atoms with Gasteiger partial charge >= 0.3 is 0 Å². The van der Waals surface area contributed by atoms with E-state index in [4.69, 9.17) is 0 Å². The Morgan fingerprint density at radius 3 is 1.29 bits per heavy atom. The first-order chi connectivity index (χ1) is 3.41. The first-order valence-electron chi connectivity index (χ1n) is 2.53. The maximum absolute atomic E-state index is 3.28. The zero-order chi connectivity index (χ0) is 6.12. The molecular formula is C5H12Br2. The molecule has 0 rings (SSSR count). The highest BCUT2D eigenvalue weighted by Crippen LogP contribution is 1.90. The van der Waals surface area contributed by atoms with Gasteiger partial charge in [-0.25, -0.2) is 0 Å². The highest BCUT2D eigenvalue weighted by molar-refractivity contribution is 9.09. The summed E-state index contributed by atoms with van der Waals surface area (Å²) < 4.78 is 0. The van der Waals surface area contributed by atoms with E-state index in [0.29, 0.717) is 0 Å². The lowest BCUT2D eigenvalue weighted by Crippen LogP contribution is -1.69. The van der Waals surface area contributed by atoms with Gasteiger partial charge in [0.05, 0.1) is 0 Å². The highest BCUT2D eigenvalue weighted by atomic mass is 79.9. The first-order valence-corrected chi connectivity index (χ1v) is 4.78. The Bertz CT molecular complexity index is 13.6. The molecule has 0 fully saturated rings. The molecule has 0 unspecified atom stereocenters. The summed E-state index contributed by atoms with van der Waals surface area (Å²) in [4.78, 5) is 0. The second-order valence-electron chi connectivity index (χ2n) is 0.732. The van der Waals surface area contributed by atoms with E-state index >= 15 is 0 Å². The second-order valence-corrected chi connectivity index (χ2v) is 2.32. The van der Waals surface area contributed by atoms with Crippen molar-refractivity contribution >= 4 is 31.9 Å². The molecular weight excluding hydrogens is 220 g/mol. The largest absolute Gasteiger partial charge is 0.0928 e. The number of hydrogen-bond donors (Lipinski definition) is 0. The van der Waals surface area contributed by atoms with Crippen LogP contribution in [0.5, 0.6) is 0 Å². The molecule has 0 atom stereocenters. The molecule has 0 aromatic carbocycles. The molecule has 0 aliphatic heterocycles. The average molecular weight is 232 g/mol. The Balaban J connectivity index is 0. The third-order valence-electron chi connectivity index (χ3n) is 0.267. The van der Waals surface area contributed by atoms with Crippen LogP contribution in [-0.4, -0.2) is 10.7 Å². The standard InChI is InChI=1S/C3H6Br2.C2H6/c4-2-1-3-5;1-2/h1-3H2;1-2H3. The van der Waals surface area contributed by atoms with Crippen molar-refractivity contribution in [3.05, 3.63) is 0 Å². The molecule has 0 aromatic heterocycles. The van der Waals surface area contributed by atoms with Crippen LogP contribution in [-0.2, 0) is 0 Å². The van der Waals surface area contributed by atoms with E-state index in [9.17, 15) is 0 Å². The Labute approximate surface area is 62.9 Å². The van der Waals surface area contributed by atoms with Gasteiger partial charge in [0, 0.05) is 10.7 Å². The fraction of sp³-hybridized carbons (Fsp3) is 1.00. The molecule has 0 saturated heterocycles. The second kappa shape index (κ2) is 15.8. The van der Waals surface area contributed by atoms with Gasteiger partial charge in [-0.1, -0.05) is 45.7 Å². The summed E-state index contributed by atoms with van der Waals surface area (Å²) >= 11 is 6.56. The predicted molar refractivity (Wildman–Crippen MR) is 43.6 cm³/mol. The van der Waals surface area contributed by atoms with Crippen LogP contribution < -0.4 is 0 Å². The summed E-state index contributed by atoms with van der Waals surface area (Å²) in [5.74, 6) is 0. The van der Waals surface area contributed by atoms with Crippen LogP contribution in [0.15, 0.2) is 0 Å². The van der Waals surface area contributed by atoms with Gasteiger partial charge in [-0.05, 0) is 6.42 Å². The minimum atomic E-state index is 1.11. The van der Waals surface area contributed by atoms with Crippen LogP contribution in [0.3, 0.4) is 0 Å². The molecule has 0 aromatic rings. The highest BCUT2D eigenvalue weighted by Gasteiger charge is 1.71. The average Bonchev–Trinajstić information content (AvgIpc) is 1.75. The van der Waals surface area contributed by atoms with Crippen LogP contribution in [0.2, 0.25) is 0 Å². The quantitative estimate of drug-likeness (QED) is 0.641. The summed E-state index contributed by atoms with van der Waals surface area (Å²) in [6, 6.07) is 0. The molecule has 0 radical (unpaired) electrons. The van der Waals surface area contributed by atoms with Crippen molar-refractivity contribution in [2.24, 2.45) is 0 Å². The van der Waals surface area contributed by atoms with Crippen LogP contribution >= 0.6 is 31.9 Å². The van der Waals surface area contributed by atoms with Gasteiger partial charge in [-0.2, -0.15) is 0 Å². The van der Waals surface area contributed by atoms with E-state index in [1.54, 1.807) is 0 Å².